The van der Waals surface area contributed by atoms with Gasteiger partial charge in [-0.15, -0.1) is 0 Å². The number of carbonyl (C=O) groups is 1. The molecule has 0 spiro atoms. The second-order valence-electron chi connectivity index (χ2n) is 3.85. The van der Waals surface area contributed by atoms with Crippen molar-refractivity contribution in [2.24, 2.45) is 0 Å². The summed E-state index contributed by atoms with van der Waals surface area (Å²) < 4.78 is 6.28. The van der Waals surface area contributed by atoms with Gasteiger partial charge in [0, 0.05) is 5.69 Å². The smallest absolute Gasteiger partial charge is 0.329 e. The highest BCUT2D eigenvalue weighted by Gasteiger charge is 2.23. The van der Waals surface area contributed by atoms with Crippen LogP contribution in [0.1, 0.15) is 37.6 Å². The predicted octanol–water partition coefficient (Wildman–Crippen LogP) is 1.54. The van der Waals surface area contributed by atoms with Gasteiger partial charge in [0.2, 0.25) is 0 Å². The fourth-order valence-electron chi connectivity index (χ4n) is 1.81. The van der Waals surface area contributed by atoms with Crippen molar-refractivity contribution >= 4 is 5.97 Å². The third-order valence-electron chi connectivity index (χ3n) is 2.70. The standard InChI is InChI=1S/C13H16N2O3/c1-4-11(13(17)18-5-2)15-9(3)6-7-10(8-14)12(15)16/h6-7,11H,4-5H2,1-3H3. The molecule has 0 aliphatic heterocycles. The van der Waals surface area contributed by atoms with Gasteiger partial charge >= 0.3 is 5.97 Å². The fourth-order valence-corrected chi connectivity index (χ4v) is 1.81. The summed E-state index contributed by atoms with van der Waals surface area (Å²) in [5.41, 5.74) is 0.222. The molecule has 1 unspecified atom stereocenters. The molecule has 0 N–H and O–H groups in total. The van der Waals surface area contributed by atoms with Crippen LogP contribution in [0.2, 0.25) is 0 Å². The van der Waals surface area contributed by atoms with E-state index in [1.807, 2.05) is 6.07 Å². The molecule has 5 heteroatoms. The van der Waals surface area contributed by atoms with Crippen molar-refractivity contribution in [2.75, 3.05) is 6.61 Å². The Hall–Kier alpha value is -2.09. The van der Waals surface area contributed by atoms with E-state index in [0.717, 1.165) is 0 Å². The molecule has 0 amide bonds. The van der Waals surface area contributed by atoms with E-state index < -0.39 is 17.6 Å². The minimum absolute atomic E-state index is 0.0309. The summed E-state index contributed by atoms with van der Waals surface area (Å²) in [5, 5.41) is 8.85. The van der Waals surface area contributed by atoms with E-state index in [9.17, 15) is 9.59 Å². The van der Waals surface area contributed by atoms with Crippen LogP contribution in [0.3, 0.4) is 0 Å². The van der Waals surface area contributed by atoms with Crippen LogP contribution in [-0.4, -0.2) is 17.1 Å². The third kappa shape index (κ3) is 2.59. The summed E-state index contributed by atoms with van der Waals surface area (Å²) in [6.45, 7) is 5.50. The topological polar surface area (TPSA) is 72.1 Å². The van der Waals surface area contributed by atoms with Gasteiger partial charge in [0.05, 0.1) is 6.61 Å². The Morgan fingerprint density at radius 2 is 2.17 bits per heavy atom. The largest absolute Gasteiger partial charge is 0.464 e. The summed E-state index contributed by atoms with van der Waals surface area (Å²) in [5.74, 6) is -0.444. The first-order chi connectivity index (χ1) is 8.56. The molecule has 0 saturated heterocycles. The van der Waals surface area contributed by atoms with E-state index in [2.05, 4.69) is 0 Å². The number of aromatic nitrogens is 1. The molecule has 0 saturated carbocycles. The molecular weight excluding hydrogens is 232 g/mol. The fraction of sp³-hybridized carbons (Fsp3) is 0.462. The highest BCUT2D eigenvalue weighted by molar-refractivity contribution is 5.74. The van der Waals surface area contributed by atoms with Gasteiger partial charge in [-0.2, -0.15) is 5.26 Å². The Kier molecular flexibility index (Phi) is 4.67. The second kappa shape index (κ2) is 6.01. The van der Waals surface area contributed by atoms with Gasteiger partial charge in [-0.05, 0) is 32.4 Å². The molecule has 1 heterocycles. The average Bonchev–Trinajstić information content (AvgIpc) is 2.34. The lowest BCUT2D eigenvalue weighted by Gasteiger charge is -2.19. The van der Waals surface area contributed by atoms with Crippen LogP contribution in [0.15, 0.2) is 16.9 Å². The molecule has 0 aliphatic rings. The summed E-state index contributed by atoms with van der Waals surface area (Å²) in [6, 6.07) is 4.27. The summed E-state index contributed by atoms with van der Waals surface area (Å²) in [4.78, 5) is 23.9. The van der Waals surface area contributed by atoms with Gasteiger partial charge in [0.15, 0.2) is 0 Å². The lowest BCUT2D eigenvalue weighted by Crippen LogP contribution is -2.33. The van der Waals surface area contributed by atoms with E-state index in [1.54, 1.807) is 26.8 Å². The number of pyridine rings is 1. The number of aryl methyl sites for hydroxylation is 1. The molecule has 96 valence electrons. The van der Waals surface area contributed by atoms with Gasteiger partial charge in [0.1, 0.15) is 17.7 Å². The summed E-state index contributed by atoms with van der Waals surface area (Å²) in [6.07, 6.45) is 0.439. The average molecular weight is 248 g/mol. The molecule has 18 heavy (non-hydrogen) atoms. The van der Waals surface area contributed by atoms with Crippen LogP contribution < -0.4 is 5.56 Å². The van der Waals surface area contributed by atoms with E-state index >= 15 is 0 Å². The maximum absolute atomic E-state index is 12.1. The zero-order valence-electron chi connectivity index (χ0n) is 10.8. The number of rotatable bonds is 4. The SMILES string of the molecule is CCOC(=O)C(CC)n1c(C)ccc(C#N)c1=O. The van der Waals surface area contributed by atoms with Crippen molar-refractivity contribution in [3.05, 3.63) is 33.7 Å². The number of nitrogens with zero attached hydrogens (tertiary/aromatic N) is 2. The van der Waals surface area contributed by atoms with Crippen molar-refractivity contribution < 1.29 is 9.53 Å². The zero-order valence-corrected chi connectivity index (χ0v) is 10.8. The maximum atomic E-state index is 12.1. The Labute approximate surface area is 106 Å². The van der Waals surface area contributed by atoms with Crippen LogP contribution in [-0.2, 0) is 9.53 Å². The normalized spacial score (nSPS) is 11.7. The molecule has 0 bridgehead atoms. The Bertz CT molecular complexity index is 540. The molecule has 0 aromatic carbocycles. The van der Waals surface area contributed by atoms with Crippen molar-refractivity contribution in [3.63, 3.8) is 0 Å². The molecule has 0 aliphatic carbocycles. The van der Waals surface area contributed by atoms with Crippen LogP contribution in [0.4, 0.5) is 0 Å². The monoisotopic (exact) mass is 248 g/mol. The van der Waals surface area contributed by atoms with Crippen LogP contribution >= 0.6 is 0 Å². The van der Waals surface area contributed by atoms with Crippen LogP contribution in [0.5, 0.6) is 0 Å². The first kappa shape index (κ1) is 14.0. The number of ether oxygens (including phenoxy) is 1. The molecule has 0 radical (unpaired) electrons. The third-order valence-corrected chi connectivity index (χ3v) is 2.70. The molecule has 1 aromatic rings. The van der Waals surface area contributed by atoms with Gasteiger partial charge in [-0.1, -0.05) is 6.92 Å². The van der Waals surface area contributed by atoms with E-state index in [0.29, 0.717) is 12.1 Å². The van der Waals surface area contributed by atoms with Gasteiger partial charge in [0.25, 0.3) is 5.56 Å². The van der Waals surface area contributed by atoms with Crippen molar-refractivity contribution in [1.29, 1.82) is 5.26 Å². The number of hydrogen-bond acceptors (Lipinski definition) is 4. The molecule has 1 rings (SSSR count). The predicted molar refractivity (Wildman–Crippen MR) is 66.1 cm³/mol. The molecular formula is C13H16N2O3. The Balaban J connectivity index is 3.34. The van der Waals surface area contributed by atoms with Crippen molar-refractivity contribution in [1.82, 2.24) is 4.57 Å². The maximum Gasteiger partial charge on any atom is 0.329 e. The van der Waals surface area contributed by atoms with Gasteiger partial charge < -0.3 is 4.74 Å². The minimum atomic E-state index is -0.675. The van der Waals surface area contributed by atoms with E-state index in [1.165, 1.54) is 10.6 Å². The second-order valence-corrected chi connectivity index (χ2v) is 3.85. The summed E-state index contributed by atoms with van der Waals surface area (Å²) in [7, 11) is 0. The Morgan fingerprint density at radius 1 is 1.50 bits per heavy atom. The lowest BCUT2D eigenvalue weighted by molar-refractivity contribution is -0.147. The number of hydrogen-bond donors (Lipinski definition) is 0. The number of esters is 1. The highest BCUT2D eigenvalue weighted by Crippen LogP contribution is 2.14. The van der Waals surface area contributed by atoms with E-state index in [-0.39, 0.29) is 12.2 Å². The summed E-state index contributed by atoms with van der Waals surface area (Å²) >= 11 is 0. The van der Waals surface area contributed by atoms with Crippen molar-refractivity contribution in [3.8, 4) is 6.07 Å². The van der Waals surface area contributed by atoms with Crippen LogP contribution in [0, 0.1) is 18.3 Å². The first-order valence-corrected chi connectivity index (χ1v) is 5.85. The van der Waals surface area contributed by atoms with Crippen LogP contribution in [0.25, 0.3) is 0 Å². The molecule has 1 aromatic heterocycles. The molecule has 5 nitrogen and oxygen atoms in total. The molecule has 0 fully saturated rings. The van der Waals surface area contributed by atoms with Gasteiger partial charge in [-0.3, -0.25) is 9.36 Å². The van der Waals surface area contributed by atoms with E-state index in [4.69, 9.17) is 10.00 Å². The Morgan fingerprint density at radius 3 is 2.67 bits per heavy atom. The van der Waals surface area contributed by atoms with Gasteiger partial charge in [-0.25, -0.2) is 4.79 Å². The minimum Gasteiger partial charge on any atom is -0.464 e. The molecule has 1 atom stereocenters. The first-order valence-electron chi connectivity index (χ1n) is 5.85. The number of nitriles is 1. The quantitative estimate of drug-likeness (QED) is 0.758. The lowest BCUT2D eigenvalue weighted by atomic mass is 10.1. The zero-order chi connectivity index (χ0) is 13.7. The number of carbonyl (C=O) groups excluding carboxylic acids is 1. The highest BCUT2D eigenvalue weighted by atomic mass is 16.5. The van der Waals surface area contributed by atoms with Crippen molar-refractivity contribution in [2.45, 2.75) is 33.2 Å².